The zero-order chi connectivity index (χ0) is 17.7. The monoisotopic (exact) mass is 332 g/mol. The van der Waals surface area contributed by atoms with Gasteiger partial charge in [0.2, 0.25) is 0 Å². The lowest BCUT2D eigenvalue weighted by Crippen LogP contribution is -2.32. The number of benzene rings is 2. The van der Waals surface area contributed by atoms with E-state index in [1.54, 1.807) is 24.3 Å². The maximum atomic E-state index is 13.7. The number of rotatable bonds is 5. The van der Waals surface area contributed by atoms with E-state index in [0.29, 0.717) is 6.07 Å². The summed E-state index contributed by atoms with van der Waals surface area (Å²) in [5.74, 6) is -2.82. The van der Waals surface area contributed by atoms with Crippen molar-refractivity contribution in [3.8, 4) is 0 Å². The van der Waals surface area contributed by atoms with Gasteiger partial charge in [-0.1, -0.05) is 19.1 Å². The molecular formula is C18H18F2N2O2. The van der Waals surface area contributed by atoms with Crippen molar-refractivity contribution in [3.63, 3.8) is 0 Å². The van der Waals surface area contributed by atoms with E-state index in [2.05, 4.69) is 10.6 Å². The summed E-state index contributed by atoms with van der Waals surface area (Å²) in [5, 5.41) is 5.30. The van der Waals surface area contributed by atoms with Gasteiger partial charge in [0.1, 0.15) is 11.6 Å². The summed E-state index contributed by atoms with van der Waals surface area (Å²) in [6, 6.07) is 9.10. The molecule has 0 bridgehead atoms. The second kappa shape index (κ2) is 7.68. The fraction of sp³-hybridized carbons (Fsp3) is 0.222. The molecule has 0 spiro atoms. The summed E-state index contributed by atoms with van der Waals surface area (Å²) in [6.45, 7) is 3.81. The molecule has 0 saturated carbocycles. The minimum atomic E-state index is -0.964. The second-order valence-electron chi connectivity index (χ2n) is 5.41. The predicted octanol–water partition coefficient (Wildman–Crippen LogP) is 3.75. The van der Waals surface area contributed by atoms with E-state index in [1.807, 2.05) is 13.8 Å². The first-order valence-corrected chi connectivity index (χ1v) is 7.58. The van der Waals surface area contributed by atoms with Crippen LogP contribution >= 0.6 is 0 Å². The number of hydrogen-bond acceptors (Lipinski definition) is 2. The molecule has 2 N–H and O–H groups in total. The number of para-hydroxylation sites is 1. The second-order valence-corrected chi connectivity index (χ2v) is 5.41. The highest BCUT2D eigenvalue weighted by Crippen LogP contribution is 2.18. The van der Waals surface area contributed by atoms with Gasteiger partial charge in [0.15, 0.2) is 0 Å². The minimum Gasteiger partial charge on any atom is -0.350 e. The van der Waals surface area contributed by atoms with Crippen molar-refractivity contribution in [1.82, 2.24) is 5.32 Å². The van der Waals surface area contributed by atoms with Crippen LogP contribution in [0.2, 0.25) is 0 Å². The van der Waals surface area contributed by atoms with Crippen molar-refractivity contribution in [2.24, 2.45) is 0 Å². The molecule has 1 atom stereocenters. The lowest BCUT2D eigenvalue weighted by Gasteiger charge is -2.14. The zero-order valence-corrected chi connectivity index (χ0v) is 13.4. The van der Waals surface area contributed by atoms with Crippen LogP contribution in [0.1, 0.15) is 41.0 Å². The molecule has 0 radical (unpaired) electrons. The third-order valence-electron chi connectivity index (χ3n) is 3.59. The van der Waals surface area contributed by atoms with Crippen LogP contribution in [-0.4, -0.2) is 17.9 Å². The molecule has 2 aromatic carbocycles. The van der Waals surface area contributed by atoms with Crippen LogP contribution in [0, 0.1) is 11.6 Å². The van der Waals surface area contributed by atoms with Gasteiger partial charge in [-0.15, -0.1) is 0 Å². The first-order valence-electron chi connectivity index (χ1n) is 7.58. The molecular weight excluding hydrogens is 314 g/mol. The highest BCUT2D eigenvalue weighted by Gasteiger charge is 2.17. The van der Waals surface area contributed by atoms with Crippen LogP contribution in [0.25, 0.3) is 0 Å². The molecule has 24 heavy (non-hydrogen) atoms. The van der Waals surface area contributed by atoms with E-state index < -0.39 is 17.5 Å². The quantitative estimate of drug-likeness (QED) is 0.876. The Bertz CT molecular complexity index is 762. The molecule has 0 aromatic heterocycles. The SMILES string of the molecule is CCC(C)NC(=O)c1ccccc1NC(=O)c1ccc(F)cc1F. The number of carbonyl (C=O) groups excluding carboxylic acids is 2. The summed E-state index contributed by atoms with van der Waals surface area (Å²) in [6.07, 6.45) is 0.765. The topological polar surface area (TPSA) is 58.2 Å². The van der Waals surface area contributed by atoms with Crippen molar-refractivity contribution in [3.05, 3.63) is 65.2 Å². The van der Waals surface area contributed by atoms with Gasteiger partial charge in [-0.2, -0.15) is 0 Å². The lowest BCUT2D eigenvalue weighted by atomic mass is 10.1. The largest absolute Gasteiger partial charge is 0.350 e. The zero-order valence-electron chi connectivity index (χ0n) is 13.4. The molecule has 0 saturated heterocycles. The summed E-state index contributed by atoms with van der Waals surface area (Å²) >= 11 is 0. The van der Waals surface area contributed by atoms with Crippen LogP contribution in [0.3, 0.4) is 0 Å². The van der Waals surface area contributed by atoms with Gasteiger partial charge >= 0.3 is 0 Å². The highest BCUT2D eigenvalue weighted by atomic mass is 19.1. The molecule has 0 aliphatic heterocycles. The number of amides is 2. The van der Waals surface area contributed by atoms with E-state index >= 15 is 0 Å². The Labute approximate surface area is 138 Å². The van der Waals surface area contributed by atoms with Crippen molar-refractivity contribution >= 4 is 17.5 Å². The van der Waals surface area contributed by atoms with Gasteiger partial charge in [0.25, 0.3) is 11.8 Å². The number of carbonyl (C=O) groups is 2. The maximum Gasteiger partial charge on any atom is 0.258 e. The molecule has 6 heteroatoms. The van der Waals surface area contributed by atoms with Crippen molar-refractivity contribution in [1.29, 1.82) is 0 Å². The van der Waals surface area contributed by atoms with Gasteiger partial charge < -0.3 is 10.6 Å². The Hall–Kier alpha value is -2.76. The predicted molar refractivity (Wildman–Crippen MR) is 88.0 cm³/mol. The van der Waals surface area contributed by atoms with E-state index in [0.717, 1.165) is 18.6 Å². The third-order valence-corrected chi connectivity index (χ3v) is 3.59. The Kier molecular flexibility index (Phi) is 5.63. The van der Waals surface area contributed by atoms with Gasteiger partial charge in [0, 0.05) is 12.1 Å². The number of halogens is 2. The molecule has 0 aliphatic carbocycles. The van der Waals surface area contributed by atoms with Crippen LogP contribution in [0.5, 0.6) is 0 Å². The molecule has 4 nitrogen and oxygen atoms in total. The van der Waals surface area contributed by atoms with E-state index in [-0.39, 0.29) is 28.8 Å². The number of hydrogen-bond donors (Lipinski definition) is 2. The average Bonchev–Trinajstić information content (AvgIpc) is 2.54. The number of anilines is 1. The normalized spacial score (nSPS) is 11.7. The summed E-state index contributed by atoms with van der Waals surface area (Å²) in [4.78, 5) is 24.5. The average molecular weight is 332 g/mol. The first-order chi connectivity index (χ1) is 11.4. The van der Waals surface area contributed by atoms with Crippen molar-refractivity contribution < 1.29 is 18.4 Å². The fourth-order valence-electron chi connectivity index (χ4n) is 2.06. The standard InChI is InChI=1S/C18H18F2N2O2/c1-3-11(2)21-18(24)14-6-4-5-7-16(14)22-17(23)13-9-8-12(19)10-15(13)20/h4-11H,3H2,1-2H3,(H,21,24)(H,22,23). The number of nitrogens with one attached hydrogen (secondary N) is 2. The van der Waals surface area contributed by atoms with Gasteiger partial charge in [-0.25, -0.2) is 8.78 Å². The highest BCUT2D eigenvalue weighted by molar-refractivity contribution is 6.09. The molecule has 0 heterocycles. The Morgan fingerprint density at radius 1 is 1.04 bits per heavy atom. The van der Waals surface area contributed by atoms with Gasteiger partial charge in [-0.3, -0.25) is 9.59 Å². The fourth-order valence-corrected chi connectivity index (χ4v) is 2.06. The van der Waals surface area contributed by atoms with Gasteiger partial charge in [0.05, 0.1) is 16.8 Å². The van der Waals surface area contributed by atoms with Crippen LogP contribution < -0.4 is 10.6 Å². The van der Waals surface area contributed by atoms with Crippen LogP contribution in [-0.2, 0) is 0 Å². The Morgan fingerprint density at radius 2 is 1.75 bits per heavy atom. The summed E-state index contributed by atoms with van der Waals surface area (Å²) < 4.78 is 26.6. The summed E-state index contributed by atoms with van der Waals surface area (Å²) in [7, 11) is 0. The van der Waals surface area contributed by atoms with Crippen LogP contribution in [0.15, 0.2) is 42.5 Å². The van der Waals surface area contributed by atoms with E-state index in [4.69, 9.17) is 0 Å². The smallest absolute Gasteiger partial charge is 0.258 e. The molecule has 2 rings (SSSR count). The minimum absolute atomic E-state index is 0.0178. The van der Waals surface area contributed by atoms with Crippen molar-refractivity contribution in [2.75, 3.05) is 5.32 Å². The molecule has 126 valence electrons. The van der Waals surface area contributed by atoms with Crippen LogP contribution in [0.4, 0.5) is 14.5 Å². The lowest BCUT2D eigenvalue weighted by molar-refractivity contribution is 0.0940. The first kappa shape index (κ1) is 17.6. The third kappa shape index (κ3) is 4.16. The molecule has 0 fully saturated rings. The van der Waals surface area contributed by atoms with E-state index in [1.165, 1.54) is 0 Å². The Morgan fingerprint density at radius 3 is 2.42 bits per heavy atom. The summed E-state index contributed by atoms with van der Waals surface area (Å²) in [5.41, 5.74) is 0.231. The Balaban J connectivity index is 2.23. The van der Waals surface area contributed by atoms with Gasteiger partial charge in [-0.05, 0) is 37.6 Å². The van der Waals surface area contributed by atoms with E-state index in [9.17, 15) is 18.4 Å². The van der Waals surface area contributed by atoms with Crippen molar-refractivity contribution in [2.45, 2.75) is 26.3 Å². The maximum absolute atomic E-state index is 13.7. The molecule has 0 aliphatic rings. The molecule has 1 unspecified atom stereocenters. The molecule has 2 amide bonds. The molecule has 2 aromatic rings.